The fourth-order valence-electron chi connectivity index (χ4n) is 2.75. The molecule has 0 spiro atoms. The Labute approximate surface area is 123 Å². The standard InChI is InChI=1S/C16H17N3O2/c1-20-15-7-11(8-17)5-6-14(15)21-9-12-3-2-4-13-16(12)19-10-18-13/h5-7,10,12H,2-4,9H2,1H3,(H,18,19). The van der Waals surface area contributed by atoms with Crippen LogP contribution in [-0.2, 0) is 6.42 Å². The van der Waals surface area contributed by atoms with Gasteiger partial charge >= 0.3 is 0 Å². The van der Waals surface area contributed by atoms with Gasteiger partial charge in [0.05, 0.1) is 37.4 Å². The second-order valence-corrected chi connectivity index (χ2v) is 5.14. The van der Waals surface area contributed by atoms with E-state index >= 15 is 0 Å². The molecule has 0 radical (unpaired) electrons. The maximum Gasteiger partial charge on any atom is 0.162 e. The zero-order chi connectivity index (χ0) is 14.7. The summed E-state index contributed by atoms with van der Waals surface area (Å²) in [5.41, 5.74) is 2.90. The number of imidazole rings is 1. The third-order valence-electron chi connectivity index (χ3n) is 3.85. The van der Waals surface area contributed by atoms with E-state index < -0.39 is 0 Å². The highest BCUT2D eigenvalue weighted by atomic mass is 16.5. The number of methoxy groups -OCH3 is 1. The highest BCUT2D eigenvalue weighted by Gasteiger charge is 2.23. The van der Waals surface area contributed by atoms with E-state index in [0.29, 0.717) is 29.6 Å². The van der Waals surface area contributed by atoms with E-state index in [0.717, 1.165) is 25.0 Å². The average molecular weight is 283 g/mol. The second-order valence-electron chi connectivity index (χ2n) is 5.14. The van der Waals surface area contributed by atoms with Crippen molar-refractivity contribution >= 4 is 0 Å². The number of ether oxygens (including phenoxy) is 2. The minimum Gasteiger partial charge on any atom is -0.493 e. The Morgan fingerprint density at radius 1 is 1.43 bits per heavy atom. The lowest BCUT2D eigenvalue weighted by Gasteiger charge is -2.22. The molecule has 0 saturated heterocycles. The summed E-state index contributed by atoms with van der Waals surface area (Å²) >= 11 is 0. The number of fused-ring (bicyclic) bond motifs is 1. The number of aromatic nitrogens is 2. The molecule has 0 saturated carbocycles. The molecule has 1 atom stereocenters. The van der Waals surface area contributed by atoms with Gasteiger partial charge in [-0.15, -0.1) is 0 Å². The number of H-pyrrole nitrogens is 1. The molecule has 5 heteroatoms. The van der Waals surface area contributed by atoms with Crippen molar-refractivity contribution < 1.29 is 9.47 Å². The van der Waals surface area contributed by atoms with Crippen molar-refractivity contribution in [3.05, 3.63) is 41.5 Å². The molecule has 5 nitrogen and oxygen atoms in total. The monoisotopic (exact) mass is 283 g/mol. The molecular formula is C16H17N3O2. The van der Waals surface area contributed by atoms with Crippen LogP contribution >= 0.6 is 0 Å². The smallest absolute Gasteiger partial charge is 0.162 e. The molecule has 1 N–H and O–H groups in total. The minimum atomic E-state index is 0.306. The highest BCUT2D eigenvalue weighted by molar-refractivity contribution is 5.46. The Balaban J connectivity index is 1.73. The van der Waals surface area contributed by atoms with Crippen molar-refractivity contribution in [3.8, 4) is 17.6 Å². The number of nitriles is 1. The van der Waals surface area contributed by atoms with E-state index in [1.165, 1.54) is 5.69 Å². The largest absolute Gasteiger partial charge is 0.493 e. The van der Waals surface area contributed by atoms with Crippen LogP contribution in [0.5, 0.6) is 11.5 Å². The summed E-state index contributed by atoms with van der Waals surface area (Å²) < 4.78 is 11.2. The maximum atomic E-state index is 8.91. The first-order valence-electron chi connectivity index (χ1n) is 7.05. The number of hydrogen-bond acceptors (Lipinski definition) is 4. The molecule has 108 valence electrons. The van der Waals surface area contributed by atoms with Gasteiger partial charge in [0.1, 0.15) is 0 Å². The van der Waals surface area contributed by atoms with E-state index in [1.807, 2.05) is 0 Å². The molecule has 1 unspecified atom stereocenters. The van der Waals surface area contributed by atoms with Gasteiger partial charge in [-0.2, -0.15) is 5.26 Å². The van der Waals surface area contributed by atoms with Crippen LogP contribution in [0.25, 0.3) is 0 Å². The third-order valence-corrected chi connectivity index (χ3v) is 3.85. The third kappa shape index (κ3) is 2.70. The van der Waals surface area contributed by atoms with Crippen molar-refractivity contribution in [1.29, 1.82) is 5.26 Å². The summed E-state index contributed by atoms with van der Waals surface area (Å²) in [7, 11) is 1.58. The van der Waals surface area contributed by atoms with Gasteiger partial charge in [0.25, 0.3) is 0 Å². The predicted octanol–water partition coefficient (Wildman–Crippen LogP) is 2.79. The van der Waals surface area contributed by atoms with Gasteiger partial charge in [0.15, 0.2) is 11.5 Å². The number of hydrogen-bond donors (Lipinski definition) is 1. The van der Waals surface area contributed by atoms with Crippen molar-refractivity contribution in [2.75, 3.05) is 13.7 Å². The molecule has 1 aliphatic rings. The van der Waals surface area contributed by atoms with E-state index in [4.69, 9.17) is 14.7 Å². The Morgan fingerprint density at radius 2 is 2.33 bits per heavy atom. The van der Waals surface area contributed by atoms with Crippen LogP contribution in [-0.4, -0.2) is 23.7 Å². The molecule has 1 aromatic carbocycles. The summed E-state index contributed by atoms with van der Waals surface area (Å²) in [6, 6.07) is 7.30. The molecule has 0 aliphatic heterocycles. The molecule has 0 fully saturated rings. The zero-order valence-electron chi connectivity index (χ0n) is 11.9. The molecule has 1 heterocycles. The highest BCUT2D eigenvalue weighted by Crippen LogP contribution is 2.32. The van der Waals surface area contributed by atoms with Gasteiger partial charge in [-0.3, -0.25) is 0 Å². The Kier molecular flexibility index (Phi) is 3.78. The molecule has 0 bridgehead atoms. The van der Waals surface area contributed by atoms with Crippen LogP contribution < -0.4 is 9.47 Å². The number of nitrogens with one attached hydrogen (secondary N) is 1. The molecule has 1 aromatic heterocycles. The van der Waals surface area contributed by atoms with Gasteiger partial charge in [-0.1, -0.05) is 0 Å². The first-order chi connectivity index (χ1) is 10.3. The maximum absolute atomic E-state index is 8.91. The van der Waals surface area contributed by atoms with E-state index in [-0.39, 0.29) is 0 Å². The Morgan fingerprint density at radius 3 is 3.14 bits per heavy atom. The molecular weight excluding hydrogens is 266 g/mol. The van der Waals surface area contributed by atoms with Gasteiger partial charge in [0, 0.05) is 17.7 Å². The zero-order valence-corrected chi connectivity index (χ0v) is 11.9. The van der Waals surface area contributed by atoms with Crippen molar-refractivity contribution in [2.45, 2.75) is 25.2 Å². The van der Waals surface area contributed by atoms with E-state index in [1.54, 1.807) is 31.6 Å². The second kappa shape index (κ2) is 5.88. The molecule has 3 rings (SSSR count). The summed E-state index contributed by atoms with van der Waals surface area (Å²) in [5, 5.41) is 8.91. The van der Waals surface area contributed by atoms with Crippen LogP contribution in [0.15, 0.2) is 24.5 Å². The Bertz CT molecular complexity index is 672. The number of aromatic amines is 1. The quantitative estimate of drug-likeness (QED) is 0.936. The van der Waals surface area contributed by atoms with Crippen LogP contribution in [0.1, 0.15) is 35.7 Å². The average Bonchev–Trinajstić information content (AvgIpc) is 3.01. The predicted molar refractivity (Wildman–Crippen MR) is 77.5 cm³/mol. The van der Waals surface area contributed by atoms with Crippen LogP contribution in [0.4, 0.5) is 0 Å². The lowest BCUT2D eigenvalue weighted by atomic mass is 9.90. The van der Waals surface area contributed by atoms with Gasteiger partial charge in [-0.05, 0) is 31.4 Å². The first kappa shape index (κ1) is 13.5. The lowest BCUT2D eigenvalue weighted by Crippen LogP contribution is -2.17. The first-order valence-corrected chi connectivity index (χ1v) is 7.05. The fraction of sp³-hybridized carbons (Fsp3) is 0.375. The van der Waals surface area contributed by atoms with Crippen LogP contribution in [0.3, 0.4) is 0 Å². The van der Waals surface area contributed by atoms with Crippen LogP contribution in [0, 0.1) is 11.3 Å². The molecule has 2 aromatic rings. The number of aryl methyl sites for hydroxylation is 1. The van der Waals surface area contributed by atoms with Crippen molar-refractivity contribution in [2.24, 2.45) is 0 Å². The minimum absolute atomic E-state index is 0.306. The van der Waals surface area contributed by atoms with Gasteiger partial charge in [0.2, 0.25) is 0 Å². The SMILES string of the molecule is COc1cc(C#N)ccc1OCC1CCCc2[nH]cnc21. The van der Waals surface area contributed by atoms with Gasteiger partial charge < -0.3 is 14.5 Å². The van der Waals surface area contributed by atoms with E-state index in [2.05, 4.69) is 16.0 Å². The Hall–Kier alpha value is -2.48. The topological polar surface area (TPSA) is 70.9 Å². The summed E-state index contributed by atoms with van der Waals surface area (Å²) in [6.07, 6.45) is 5.04. The normalized spacial score (nSPS) is 16.9. The summed E-state index contributed by atoms with van der Waals surface area (Å²) in [5.74, 6) is 1.56. The molecule has 1 aliphatic carbocycles. The molecule has 21 heavy (non-hydrogen) atoms. The number of rotatable bonds is 4. The number of benzene rings is 1. The lowest BCUT2D eigenvalue weighted by molar-refractivity contribution is 0.258. The summed E-state index contributed by atoms with van der Waals surface area (Å²) in [4.78, 5) is 7.61. The molecule has 0 amide bonds. The van der Waals surface area contributed by atoms with Crippen molar-refractivity contribution in [1.82, 2.24) is 9.97 Å². The fourth-order valence-corrected chi connectivity index (χ4v) is 2.75. The summed E-state index contributed by atoms with van der Waals surface area (Å²) in [6.45, 7) is 0.570. The van der Waals surface area contributed by atoms with E-state index in [9.17, 15) is 0 Å². The van der Waals surface area contributed by atoms with Crippen molar-refractivity contribution in [3.63, 3.8) is 0 Å². The van der Waals surface area contributed by atoms with Crippen LogP contribution in [0.2, 0.25) is 0 Å². The number of nitrogens with zero attached hydrogens (tertiary/aromatic N) is 2. The van der Waals surface area contributed by atoms with Gasteiger partial charge in [-0.25, -0.2) is 4.98 Å².